The summed E-state index contributed by atoms with van der Waals surface area (Å²) in [7, 11) is 0. The van der Waals surface area contributed by atoms with Crippen LogP contribution in [-0.4, -0.2) is 4.96 Å². The van der Waals surface area contributed by atoms with Crippen molar-refractivity contribution in [3.8, 4) is 0 Å². The predicted octanol–water partition coefficient (Wildman–Crippen LogP) is -10.3. The molecular weight excluding hydrogens is 307 g/mol. The second-order valence-electron chi connectivity index (χ2n) is 0.247. The maximum absolute atomic E-state index is 4.81. The van der Waals surface area contributed by atoms with Gasteiger partial charge < -0.3 is 49.6 Å². The van der Waals surface area contributed by atoms with Gasteiger partial charge in [-0.2, -0.15) is 34.4 Å². The standard InChI is InChI=1S/BCl3.4ClH.Ti/c2-1(3)4;;;;;/h;4*1H;/q;;;;;+4/p-4. The van der Waals surface area contributed by atoms with Crippen LogP contribution in [0.2, 0.25) is 0 Å². The van der Waals surface area contributed by atoms with Crippen LogP contribution in [0, 0.1) is 0 Å². The Morgan fingerprint density at radius 3 is 0.667 bits per heavy atom. The Kier molecular flexibility index (Phi) is 140. The van der Waals surface area contributed by atoms with E-state index in [2.05, 4.69) is 0 Å². The summed E-state index contributed by atoms with van der Waals surface area (Å²) in [6, 6.07) is 0. The van der Waals surface area contributed by atoms with Crippen LogP contribution in [0.3, 0.4) is 0 Å². The molecule has 0 unspecified atom stereocenters. The van der Waals surface area contributed by atoms with Gasteiger partial charge in [-0.3, -0.25) is 0 Å². The molecule has 0 rings (SSSR count). The molecule has 0 aromatic rings. The number of hydrogen-bond acceptors (Lipinski definition) is 0. The van der Waals surface area contributed by atoms with Crippen molar-refractivity contribution in [2.45, 2.75) is 0 Å². The van der Waals surface area contributed by atoms with E-state index in [4.69, 9.17) is 34.4 Å². The van der Waals surface area contributed by atoms with Gasteiger partial charge in [0.15, 0.2) is 0 Å². The molecule has 0 saturated heterocycles. The molecule has 0 atom stereocenters. The quantitative estimate of drug-likeness (QED) is 0.390. The molecule has 0 aliphatic rings. The Morgan fingerprint density at radius 2 is 0.667 bits per heavy atom. The number of hydrogen-bond donors (Lipinski definition) is 0. The van der Waals surface area contributed by atoms with Crippen molar-refractivity contribution in [3.05, 3.63) is 0 Å². The van der Waals surface area contributed by atoms with Crippen molar-refractivity contribution in [2.24, 2.45) is 0 Å². The van der Waals surface area contributed by atoms with Crippen molar-refractivity contribution in [1.82, 2.24) is 0 Å². The fraction of sp³-hybridized carbons (Fsp3) is 0. The molecule has 0 aromatic heterocycles. The third-order valence-corrected chi connectivity index (χ3v) is 0. The first kappa shape index (κ1) is 40.9. The minimum atomic E-state index is -0.750. The Labute approximate surface area is 109 Å². The van der Waals surface area contributed by atoms with Gasteiger partial charge in [0.25, 0.3) is 0 Å². The van der Waals surface area contributed by atoms with Gasteiger partial charge in [-0.1, -0.05) is 0 Å². The van der Waals surface area contributed by atoms with E-state index in [1.54, 1.807) is 0 Å². The maximum atomic E-state index is 4.81. The summed E-state index contributed by atoms with van der Waals surface area (Å²) in [6.07, 6.45) is 0. The van der Waals surface area contributed by atoms with Crippen molar-refractivity contribution in [1.29, 1.82) is 0 Å². The van der Waals surface area contributed by atoms with Crippen LogP contribution >= 0.6 is 34.4 Å². The molecule has 9 heteroatoms. The summed E-state index contributed by atoms with van der Waals surface area (Å²) in [5, 5.41) is 0. The zero-order valence-corrected chi connectivity index (χ0v) is 10.6. The normalized spacial score (nSPS) is 3.00. The second kappa shape index (κ2) is 30.8. The van der Waals surface area contributed by atoms with E-state index in [9.17, 15) is 0 Å². The first-order valence-corrected chi connectivity index (χ1v) is 1.96. The monoisotopic (exact) mass is 304 g/mol. The summed E-state index contributed by atoms with van der Waals surface area (Å²) in [4.78, 5) is -0.750. The zero-order valence-electron chi connectivity index (χ0n) is 3.72. The Morgan fingerprint density at radius 1 is 0.667 bits per heavy atom. The molecule has 0 aliphatic carbocycles. The molecule has 0 radical (unpaired) electrons. The fourth-order valence-electron chi connectivity index (χ4n) is 0. The van der Waals surface area contributed by atoms with Gasteiger partial charge >= 0.3 is 26.7 Å². The van der Waals surface area contributed by atoms with E-state index in [1.807, 2.05) is 0 Å². The number of halogens is 7. The van der Waals surface area contributed by atoms with Crippen LogP contribution in [0.25, 0.3) is 0 Å². The van der Waals surface area contributed by atoms with E-state index in [-0.39, 0.29) is 71.3 Å². The molecule has 0 amide bonds. The minimum absolute atomic E-state index is 0. The Balaban J connectivity index is -0.00000000450. The molecule has 0 heterocycles. The van der Waals surface area contributed by atoms with Crippen molar-refractivity contribution in [2.75, 3.05) is 0 Å². The first-order chi connectivity index (χ1) is 1.73. The minimum Gasteiger partial charge on any atom is -1.00 e. The molecule has 0 nitrogen and oxygen atoms in total. The predicted molar refractivity (Wildman–Crippen MR) is 23.3 cm³/mol. The van der Waals surface area contributed by atoms with Gasteiger partial charge in [-0.25, -0.2) is 0 Å². The average molecular weight is 307 g/mol. The van der Waals surface area contributed by atoms with Crippen molar-refractivity contribution < 1.29 is 71.3 Å². The van der Waals surface area contributed by atoms with E-state index >= 15 is 0 Å². The molecule has 0 aromatic carbocycles. The van der Waals surface area contributed by atoms with E-state index < -0.39 is 4.96 Å². The fourth-order valence-corrected chi connectivity index (χ4v) is 0. The third-order valence-electron chi connectivity index (χ3n) is 0. The Bertz CT molecular complexity index is 13.6. The Hall–Kier alpha value is 2.81. The SMILES string of the molecule is ClB(Cl)Cl.[Cl-].[Cl-].[Cl-].[Cl-].[Ti+4]. The molecule has 0 aliphatic heterocycles. The smallest absolute Gasteiger partial charge is 1.00 e. The van der Waals surface area contributed by atoms with E-state index in [1.165, 1.54) is 0 Å². The molecule has 0 bridgehead atoms. The molecule has 56 valence electrons. The van der Waals surface area contributed by atoms with Gasteiger partial charge in [-0.05, 0) is 0 Å². The molecule has 0 spiro atoms. The maximum Gasteiger partial charge on any atom is 4.00 e. The van der Waals surface area contributed by atoms with Gasteiger partial charge in [0.05, 0.1) is 0 Å². The largest absolute Gasteiger partial charge is 4.00 e. The first-order valence-electron chi connectivity index (χ1n) is 0.655. The molecule has 0 N–H and O–H groups in total. The summed E-state index contributed by atoms with van der Waals surface area (Å²) in [5.74, 6) is 0. The molecule has 9 heavy (non-hydrogen) atoms. The summed E-state index contributed by atoms with van der Waals surface area (Å²) in [5.41, 5.74) is 0. The van der Waals surface area contributed by atoms with Crippen molar-refractivity contribution in [3.63, 3.8) is 0 Å². The van der Waals surface area contributed by atoms with Gasteiger partial charge in [0.1, 0.15) is 0 Å². The second-order valence-corrected chi connectivity index (χ2v) is 2.23. The van der Waals surface area contributed by atoms with Crippen molar-refractivity contribution >= 4 is 39.3 Å². The number of rotatable bonds is 0. The van der Waals surface area contributed by atoms with Crippen LogP contribution in [0.15, 0.2) is 0 Å². The van der Waals surface area contributed by atoms with E-state index in [0.717, 1.165) is 0 Å². The van der Waals surface area contributed by atoms with Crippen LogP contribution in [-0.2, 0) is 21.7 Å². The van der Waals surface area contributed by atoms with Crippen LogP contribution in [0.4, 0.5) is 0 Å². The molecule has 0 saturated carbocycles. The van der Waals surface area contributed by atoms with Crippen LogP contribution in [0.5, 0.6) is 0 Å². The third kappa shape index (κ3) is 106. The topological polar surface area (TPSA) is 0 Å². The summed E-state index contributed by atoms with van der Waals surface area (Å²) >= 11 is 14.4. The summed E-state index contributed by atoms with van der Waals surface area (Å²) < 4.78 is 0. The molecule has 0 fully saturated rings. The van der Waals surface area contributed by atoms with E-state index in [0.29, 0.717) is 0 Å². The average Bonchev–Trinajstić information content (AvgIpc) is 0.811. The van der Waals surface area contributed by atoms with Gasteiger partial charge in [0.2, 0.25) is 0 Å². The van der Waals surface area contributed by atoms with Gasteiger partial charge in [-0.15, -0.1) is 0 Å². The summed E-state index contributed by atoms with van der Waals surface area (Å²) in [6.45, 7) is 0. The molecular formula is BCl7Ti. The van der Waals surface area contributed by atoms with Gasteiger partial charge in [0, 0.05) is 0 Å². The zero-order chi connectivity index (χ0) is 3.58. The van der Waals surface area contributed by atoms with Crippen LogP contribution in [0.1, 0.15) is 0 Å². The van der Waals surface area contributed by atoms with Crippen LogP contribution < -0.4 is 49.6 Å².